The molecule has 0 bridgehead atoms. The van der Waals surface area contributed by atoms with Crippen LogP contribution in [0.2, 0.25) is 0 Å². The minimum atomic E-state index is -1.26. The quantitative estimate of drug-likeness (QED) is 0.626. The molecule has 1 aromatic carbocycles. The Morgan fingerprint density at radius 1 is 0.958 bits per heavy atom. The smallest absolute Gasteiger partial charge is 0.231 e. The van der Waals surface area contributed by atoms with Gasteiger partial charge in [0.25, 0.3) is 0 Å². The van der Waals surface area contributed by atoms with Gasteiger partial charge in [-0.05, 0) is 44.7 Å². The lowest BCUT2D eigenvalue weighted by Gasteiger charge is -2.43. The van der Waals surface area contributed by atoms with E-state index in [1.165, 1.54) is 12.0 Å². The average molecular weight is 326 g/mol. The first-order valence-electron chi connectivity index (χ1n) is 8.80. The molecule has 24 heavy (non-hydrogen) atoms. The molecule has 1 aromatic rings. The fraction of sp³-hybridized carbons (Fsp3) is 0.500. The zero-order valence-corrected chi connectivity index (χ0v) is 14.8. The first-order valence-corrected chi connectivity index (χ1v) is 8.80. The predicted octanol–water partition coefficient (Wildman–Crippen LogP) is 3.63. The SMILES string of the molecule is Cc1cc(C)c(N2C=CN(C3CCCCC3)C2(C=O)C=O)c(C)c1. The highest BCUT2D eigenvalue weighted by atomic mass is 16.1. The van der Waals surface area contributed by atoms with Crippen molar-refractivity contribution in [1.82, 2.24) is 4.90 Å². The monoisotopic (exact) mass is 326 g/mol. The molecule has 0 atom stereocenters. The van der Waals surface area contributed by atoms with Gasteiger partial charge in [-0.1, -0.05) is 37.0 Å². The Labute approximate surface area is 144 Å². The first-order chi connectivity index (χ1) is 11.5. The molecule has 0 radical (unpaired) electrons. The molecule has 1 aliphatic carbocycles. The van der Waals surface area contributed by atoms with E-state index in [-0.39, 0.29) is 6.04 Å². The van der Waals surface area contributed by atoms with Crippen molar-refractivity contribution >= 4 is 18.3 Å². The van der Waals surface area contributed by atoms with Crippen molar-refractivity contribution in [3.8, 4) is 0 Å². The summed E-state index contributed by atoms with van der Waals surface area (Å²) in [7, 11) is 0. The number of carbonyl (C=O) groups is 2. The highest BCUT2D eigenvalue weighted by Gasteiger charge is 2.48. The lowest BCUT2D eigenvalue weighted by molar-refractivity contribution is -0.127. The Bertz CT molecular complexity index is 643. The molecular weight excluding hydrogens is 300 g/mol. The number of carbonyl (C=O) groups excluding carboxylic acids is 2. The van der Waals surface area contributed by atoms with E-state index in [9.17, 15) is 9.59 Å². The summed E-state index contributed by atoms with van der Waals surface area (Å²) in [5.41, 5.74) is 3.04. The predicted molar refractivity (Wildman–Crippen MR) is 95.8 cm³/mol. The van der Waals surface area contributed by atoms with E-state index in [1.54, 1.807) is 0 Å². The molecule has 4 heteroatoms. The van der Waals surface area contributed by atoms with Crippen LogP contribution in [0.15, 0.2) is 24.5 Å². The third-order valence-corrected chi connectivity index (χ3v) is 5.37. The highest BCUT2D eigenvalue weighted by Crippen LogP contribution is 2.39. The van der Waals surface area contributed by atoms with Gasteiger partial charge in [0.1, 0.15) is 0 Å². The van der Waals surface area contributed by atoms with Crippen molar-refractivity contribution < 1.29 is 9.59 Å². The van der Waals surface area contributed by atoms with Crippen molar-refractivity contribution in [3.63, 3.8) is 0 Å². The maximum atomic E-state index is 12.1. The van der Waals surface area contributed by atoms with Gasteiger partial charge in [-0.3, -0.25) is 9.59 Å². The van der Waals surface area contributed by atoms with Gasteiger partial charge < -0.3 is 9.80 Å². The number of nitrogens with zero attached hydrogens (tertiary/aromatic N) is 2. The van der Waals surface area contributed by atoms with E-state index in [0.717, 1.165) is 55.1 Å². The molecule has 0 amide bonds. The van der Waals surface area contributed by atoms with Crippen LogP contribution in [0.1, 0.15) is 48.8 Å². The lowest BCUT2D eigenvalue weighted by Crippen LogP contribution is -2.60. The van der Waals surface area contributed by atoms with Crippen molar-refractivity contribution in [2.75, 3.05) is 4.90 Å². The topological polar surface area (TPSA) is 40.6 Å². The Morgan fingerprint density at radius 3 is 2.08 bits per heavy atom. The van der Waals surface area contributed by atoms with Crippen molar-refractivity contribution in [1.29, 1.82) is 0 Å². The zero-order valence-electron chi connectivity index (χ0n) is 14.8. The van der Waals surface area contributed by atoms with E-state index >= 15 is 0 Å². The Balaban J connectivity index is 2.04. The highest BCUT2D eigenvalue weighted by molar-refractivity contribution is 5.96. The van der Waals surface area contributed by atoms with E-state index in [2.05, 4.69) is 19.1 Å². The largest absolute Gasteiger partial charge is 0.338 e. The van der Waals surface area contributed by atoms with Gasteiger partial charge in [0.15, 0.2) is 12.6 Å². The van der Waals surface area contributed by atoms with Crippen molar-refractivity contribution in [2.24, 2.45) is 0 Å². The molecule has 3 rings (SSSR count). The molecule has 1 heterocycles. The number of aldehydes is 2. The summed E-state index contributed by atoms with van der Waals surface area (Å²) >= 11 is 0. The Morgan fingerprint density at radius 2 is 1.54 bits per heavy atom. The number of anilines is 1. The van der Waals surface area contributed by atoms with Crippen LogP contribution in [0.3, 0.4) is 0 Å². The number of aryl methyl sites for hydroxylation is 3. The standard InChI is InChI=1S/C20H26N2O2/c1-15-11-16(2)19(17(3)12-15)22-10-9-21(20(22,13-23)14-24)18-7-5-4-6-8-18/h9-14,18H,4-8H2,1-3H3. The second-order valence-corrected chi connectivity index (χ2v) is 7.13. The molecule has 4 nitrogen and oxygen atoms in total. The minimum absolute atomic E-state index is 0.251. The number of hydrogen-bond acceptors (Lipinski definition) is 4. The number of benzene rings is 1. The van der Waals surface area contributed by atoms with Crippen molar-refractivity contribution in [2.45, 2.75) is 64.6 Å². The van der Waals surface area contributed by atoms with Gasteiger partial charge in [0.05, 0.1) is 0 Å². The molecule has 0 saturated heterocycles. The molecule has 1 fully saturated rings. The lowest BCUT2D eigenvalue weighted by atomic mass is 9.92. The van der Waals surface area contributed by atoms with Crippen LogP contribution in [-0.4, -0.2) is 29.2 Å². The van der Waals surface area contributed by atoms with Crippen LogP contribution in [0, 0.1) is 20.8 Å². The second-order valence-electron chi connectivity index (χ2n) is 7.13. The fourth-order valence-electron chi connectivity index (χ4n) is 4.34. The maximum Gasteiger partial charge on any atom is 0.231 e. The summed E-state index contributed by atoms with van der Waals surface area (Å²) < 4.78 is 0. The third kappa shape index (κ3) is 2.54. The summed E-state index contributed by atoms with van der Waals surface area (Å²) in [5.74, 6) is 0. The van der Waals surface area contributed by atoms with Crippen LogP contribution in [0.5, 0.6) is 0 Å². The van der Waals surface area contributed by atoms with Gasteiger partial charge in [-0.2, -0.15) is 0 Å². The third-order valence-electron chi connectivity index (χ3n) is 5.37. The van der Waals surface area contributed by atoms with Gasteiger partial charge in [0, 0.05) is 24.1 Å². The molecule has 0 unspecified atom stereocenters. The average Bonchev–Trinajstić information content (AvgIpc) is 2.94. The second kappa shape index (κ2) is 6.42. The zero-order chi connectivity index (χ0) is 17.3. The summed E-state index contributed by atoms with van der Waals surface area (Å²) in [4.78, 5) is 28.1. The molecule has 128 valence electrons. The van der Waals surface area contributed by atoms with Crippen LogP contribution in [0.25, 0.3) is 0 Å². The molecule has 1 aliphatic heterocycles. The minimum Gasteiger partial charge on any atom is -0.338 e. The molecule has 0 aromatic heterocycles. The van der Waals surface area contributed by atoms with E-state index in [0.29, 0.717) is 0 Å². The first kappa shape index (κ1) is 16.7. The molecule has 0 spiro atoms. The van der Waals surface area contributed by atoms with Crippen molar-refractivity contribution in [3.05, 3.63) is 41.2 Å². The fourth-order valence-corrected chi connectivity index (χ4v) is 4.34. The summed E-state index contributed by atoms with van der Waals surface area (Å²) in [6.07, 6.45) is 11.0. The van der Waals surface area contributed by atoms with Crippen LogP contribution in [0.4, 0.5) is 5.69 Å². The van der Waals surface area contributed by atoms with Crippen LogP contribution < -0.4 is 4.90 Å². The van der Waals surface area contributed by atoms with E-state index < -0.39 is 5.66 Å². The summed E-state index contributed by atoms with van der Waals surface area (Å²) in [6.45, 7) is 6.13. The summed E-state index contributed by atoms with van der Waals surface area (Å²) in [5, 5.41) is 0. The normalized spacial score (nSPS) is 20.5. The van der Waals surface area contributed by atoms with Gasteiger partial charge >= 0.3 is 0 Å². The maximum absolute atomic E-state index is 12.1. The van der Waals surface area contributed by atoms with E-state index in [4.69, 9.17) is 0 Å². The van der Waals surface area contributed by atoms with Crippen LogP contribution >= 0.6 is 0 Å². The van der Waals surface area contributed by atoms with Gasteiger partial charge in [0.2, 0.25) is 5.66 Å². The molecule has 1 saturated carbocycles. The molecule has 0 N–H and O–H groups in total. The Hall–Kier alpha value is -2.10. The van der Waals surface area contributed by atoms with Gasteiger partial charge in [-0.25, -0.2) is 0 Å². The number of hydrogen-bond donors (Lipinski definition) is 0. The van der Waals surface area contributed by atoms with Crippen LogP contribution in [-0.2, 0) is 9.59 Å². The number of rotatable bonds is 4. The van der Waals surface area contributed by atoms with Gasteiger partial charge in [-0.15, -0.1) is 0 Å². The summed E-state index contributed by atoms with van der Waals surface area (Å²) in [6, 6.07) is 4.45. The Kier molecular flexibility index (Phi) is 4.48. The molecular formula is C20H26N2O2. The molecule has 2 aliphatic rings. The van der Waals surface area contributed by atoms with E-state index in [1.807, 2.05) is 36.0 Å².